The zero-order chi connectivity index (χ0) is 13.2. The van der Waals surface area contributed by atoms with Gasteiger partial charge in [0.15, 0.2) is 0 Å². The quantitative estimate of drug-likeness (QED) is 0.842. The van der Waals surface area contributed by atoms with Crippen LogP contribution in [0.15, 0.2) is 16.3 Å². The predicted octanol–water partition coefficient (Wildman–Crippen LogP) is 1.60. The van der Waals surface area contributed by atoms with Crippen molar-refractivity contribution in [2.24, 2.45) is 10.9 Å². The second kappa shape index (κ2) is 5.73. The molecule has 0 saturated carbocycles. The average Bonchev–Trinajstić information content (AvgIpc) is 3.01. The standard InChI is InChI=1S/C15H24N2O2/c1-11-2-3-14(12-5-7-19-10-12)15(16-11)9-17-6-4-13(18)8-17/h12-13,18H,2-10H2,1H3. The summed E-state index contributed by atoms with van der Waals surface area (Å²) in [7, 11) is 0. The fraction of sp³-hybridized carbons (Fsp3) is 0.800. The summed E-state index contributed by atoms with van der Waals surface area (Å²) in [6, 6.07) is 0. The Morgan fingerprint density at radius 3 is 2.95 bits per heavy atom. The third-order valence-corrected chi connectivity index (χ3v) is 4.50. The fourth-order valence-electron chi connectivity index (χ4n) is 3.37. The molecule has 0 amide bonds. The van der Waals surface area contributed by atoms with E-state index in [0.717, 1.165) is 58.5 Å². The number of aliphatic hydroxyl groups is 1. The fourth-order valence-corrected chi connectivity index (χ4v) is 3.37. The van der Waals surface area contributed by atoms with Crippen molar-refractivity contribution in [2.45, 2.75) is 38.7 Å². The van der Waals surface area contributed by atoms with Gasteiger partial charge in [0.1, 0.15) is 0 Å². The van der Waals surface area contributed by atoms with Crippen LogP contribution in [0.25, 0.3) is 0 Å². The third kappa shape index (κ3) is 3.07. The van der Waals surface area contributed by atoms with E-state index >= 15 is 0 Å². The van der Waals surface area contributed by atoms with Crippen LogP contribution in [-0.2, 0) is 4.74 Å². The number of aliphatic hydroxyl groups excluding tert-OH is 1. The van der Waals surface area contributed by atoms with Gasteiger partial charge in [-0.3, -0.25) is 9.89 Å². The lowest BCUT2D eigenvalue weighted by Gasteiger charge is -2.25. The van der Waals surface area contributed by atoms with E-state index in [0.29, 0.717) is 5.92 Å². The van der Waals surface area contributed by atoms with Gasteiger partial charge in [-0.1, -0.05) is 0 Å². The van der Waals surface area contributed by atoms with Crippen molar-refractivity contribution in [1.82, 2.24) is 4.90 Å². The summed E-state index contributed by atoms with van der Waals surface area (Å²) in [5, 5.41) is 9.64. The molecule has 2 unspecified atom stereocenters. The Balaban J connectivity index is 1.76. The van der Waals surface area contributed by atoms with Gasteiger partial charge in [0.25, 0.3) is 0 Å². The number of hydrogen-bond acceptors (Lipinski definition) is 4. The number of hydrogen-bond donors (Lipinski definition) is 1. The maximum atomic E-state index is 9.64. The Kier molecular flexibility index (Phi) is 4.01. The van der Waals surface area contributed by atoms with Gasteiger partial charge in [0.05, 0.1) is 18.4 Å². The van der Waals surface area contributed by atoms with Crippen LogP contribution in [0.4, 0.5) is 0 Å². The zero-order valence-corrected chi connectivity index (χ0v) is 11.8. The lowest BCUT2D eigenvalue weighted by molar-refractivity contribution is 0.178. The van der Waals surface area contributed by atoms with E-state index in [9.17, 15) is 5.11 Å². The largest absolute Gasteiger partial charge is 0.392 e. The molecule has 4 heteroatoms. The summed E-state index contributed by atoms with van der Waals surface area (Å²) in [5.41, 5.74) is 4.02. The second-order valence-corrected chi connectivity index (χ2v) is 6.06. The van der Waals surface area contributed by atoms with Crippen LogP contribution in [0.3, 0.4) is 0 Å². The number of nitrogens with zero attached hydrogens (tertiary/aromatic N) is 2. The van der Waals surface area contributed by atoms with Crippen molar-refractivity contribution in [3.05, 3.63) is 11.3 Å². The van der Waals surface area contributed by atoms with Crippen molar-refractivity contribution in [1.29, 1.82) is 0 Å². The summed E-state index contributed by atoms with van der Waals surface area (Å²) in [5.74, 6) is 0.583. The lowest BCUT2D eigenvalue weighted by Crippen LogP contribution is -2.27. The highest BCUT2D eigenvalue weighted by Gasteiger charge is 2.27. The normalized spacial score (nSPS) is 33.1. The molecule has 0 aromatic heterocycles. The smallest absolute Gasteiger partial charge is 0.0679 e. The van der Waals surface area contributed by atoms with E-state index in [1.165, 1.54) is 17.0 Å². The molecule has 0 aliphatic carbocycles. The lowest BCUT2D eigenvalue weighted by atomic mass is 9.89. The maximum absolute atomic E-state index is 9.64. The van der Waals surface area contributed by atoms with Crippen LogP contribution in [-0.4, -0.2) is 54.7 Å². The van der Waals surface area contributed by atoms with Crippen molar-refractivity contribution < 1.29 is 9.84 Å². The van der Waals surface area contributed by atoms with Gasteiger partial charge in [-0.2, -0.15) is 0 Å². The third-order valence-electron chi connectivity index (χ3n) is 4.50. The Hall–Kier alpha value is -0.710. The van der Waals surface area contributed by atoms with Crippen LogP contribution in [0, 0.1) is 5.92 Å². The molecule has 2 fully saturated rings. The summed E-state index contributed by atoms with van der Waals surface area (Å²) < 4.78 is 5.54. The minimum absolute atomic E-state index is 0.146. The summed E-state index contributed by atoms with van der Waals surface area (Å²) in [6.45, 7) is 6.59. The maximum Gasteiger partial charge on any atom is 0.0679 e. The SMILES string of the molecule is CC1=NC(CN2CCC(O)C2)=C(C2CCOC2)CC1. The molecule has 0 spiro atoms. The monoisotopic (exact) mass is 264 g/mol. The topological polar surface area (TPSA) is 45.1 Å². The van der Waals surface area contributed by atoms with Crippen LogP contribution < -0.4 is 0 Å². The van der Waals surface area contributed by atoms with Gasteiger partial charge in [0.2, 0.25) is 0 Å². The number of likely N-dealkylation sites (tertiary alicyclic amines) is 1. The molecule has 3 rings (SSSR count). The molecule has 4 nitrogen and oxygen atoms in total. The minimum Gasteiger partial charge on any atom is -0.392 e. The molecule has 0 aromatic carbocycles. The molecule has 19 heavy (non-hydrogen) atoms. The first kappa shape index (κ1) is 13.3. The Bertz CT molecular complexity index is 397. The predicted molar refractivity (Wildman–Crippen MR) is 75.4 cm³/mol. The molecular weight excluding hydrogens is 240 g/mol. The van der Waals surface area contributed by atoms with Crippen LogP contribution in [0.1, 0.15) is 32.6 Å². The summed E-state index contributed by atoms with van der Waals surface area (Å²) >= 11 is 0. The molecule has 106 valence electrons. The number of rotatable bonds is 3. The van der Waals surface area contributed by atoms with E-state index < -0.39 is 0 Å². The number of aliphatic imine (C=N–C) groups is 1. The molecule has 3 aliphatic rings. The van der Waals surface area contributed by atoms with Crippen LogP contribution >= 0.6 is 0 Å². The van der Waals surface area contributed by atoms with E-state index in [4.69, 9.17) is 9.73 Å². The van der Waals surface area contributed by atoms with Gasteiger partial charge in [-0.15, -0.1) is 0 Å². The molecule has 0 bridgehead atoms. The van der Waals surface area contributed by atoms with E-state index in [-0.39, 0.29) is 6.10 Å². The summed E-state index contributed by atoms with van der Waals surface area (Å²) in [4.78, 5) is 7.15. The Morgan fingerprint density at radius 1 is 1.37 bits per heavy atom. The van der Waals surface area contributed by atoms with Crippen molar-refractivity contribution >= 4 is 5.71 Å². The summed E-state index contributed by atoms with van der Waals surface area (Å²) in [6.07, 6.45) is 4.15. The average molecular weight is 264 g/mol. The minimum atomic E-state index is -0.146. The van der Waals surface area contributed by atoms with Crippen molar-refractivity contribution in [3.8, 4) is 0 Å². The van der Waals surface area contributed by atoms with E-state index in [1.807, 2.05) is 0 Å². The first-order valence-electron chi connectivity index (χ1n) is 7.46. The first-order valence-corrected chi connectivity index (χ1v) is 7.46. The van der Waals surface area contributed by atoms with E-state index in [1.54, 1.807) is 0 Å². The molecule has 2 saturated heterocycles. The zero-order valence-electron chi connectivity index (χ0n) is 11.8. The van der Waals surface area contributed by atoms with Crippen LogP contribution in [0.2, 0.25) is 0 Å². The Morgan fingerprint density at radius 2 is 2.26 bits per heavy atom. The van der Waals surface area contributed by atoms with Gasteiger partial charge in [-0.25, -0.2) is 0 Å². The molecule has 3 aliphatic heterocycles. The molecule has 1 N–H and O–H groups in total. The van der Waals surface area contributed by atoms with Gasteiger partial charge in [0, 0.05) is 37.9 Å². The van der Waals surface area contributed by atoms with Gasteiger partial charge >= 0.3 is 0 Å². The molecule has 0 aromatic rings. The van der Waals surface area contributed by atoms with Gasteiger partial charge in [-0.05, 0) is 38.2 Å². The molecular formula is C15H24N2O2. The first-order chi connectivity index (χ1) is 9.22. The number of ether oxygens (including phenoxy) is 1. The highest BCUT2D eigenvalue weighted by Crippen LogP contribution is 2.32. The molecule has 2 atom stereocenters. The van der Waals surface area contributed by atoms with E-state index in [2.05, 4.69) is 11.8 Å². The van der Waals surface area contributed by atoms with Crippen LogP contribution in [0.5, 0.6) is 0 Å². The van der Waals surface area contributed by atoms with Crippen molar-refractivity contribution in [3.63, 3.8) is 0 Å². The second-order valence-electron chi connectivity index (χ2n) is 6.06. The molecule has 0 radical (unpaired) electrons. The number of β-amino-alcohol motifs (C(OH)–C–C–N with tert-alkyl or cyclic N) is 1. The van der Waals surface area contributed by atoms with Crippen molar-refractivity contribution in [2.75, 3.05) is 32.8 Å². The highest BCUT2D eigenvalue weighted by molar-refractivity contribution is 5.84. The Labute approximate surface area is 115 Å². The molecule has 3 heterocycles. The van der Waals surface area contributed by atoms with Gasteiger partial charge < -0.3 is 9.84 Å². The highest BCUT2D eigenvalue weighted by atomic mass is 16.5.